The summed E-state index contributed by atoms with van der Waals surface area (Å²) in [6.07, 6.45) is 1.93. The molecule has 0 amide bonds. The number of benzene rings is 7. The van der Waals surface area contributed by atoms with Crippen LogP contribution in [0.2, 0.25) is 0 Å². The highest BCUT2D eigenvalue weighted by Gasteiger charge is 2.21. The van der Waals surface area contributed by atoms with E-state index in [4.69, 9.17) is 4.98 Å². The van der Waals surface area contributed by atoms with Crippen molar-refractivity contribution in [3.05, 3.63) is 139 Å². The van der Waals surface area contributed by atoms with Crippen LogP contribution in [0, 0.1) is 13.8 Å². The van der Waals surface area contributed by atoms with Gasteiger partial charge in [0.25, 0.3) is 0 Å². The maximum Gasteiger partial charge on any atom is 0.0786 e. The van der Waals surface area contributed by atoms with Crippen molar-refractivity contribution in [1.29, 1.82) is 0 Å². The standard InChI is InChI=1S/C39H27N/c1-24-9-13-27(14-10-24)35-32-21-19-29-18-17-26-6-3-4-8-31(26)34(29)37(32)38-33(22-20-30-7-5-23-40-39(30)38)36(35)28-15-11-25(2)12-16-28/h3-23H,1-2H3. The van der Waals surface area contributed by atoms with Gasteiger partial charge in [-0.05, 0) is 74.5 Å². The van der Waals surface area contributed by atoms with Gasteiger partial charge in [-0.3, -0.25) is 4.98 Å². The van der Waals surface area contributed by atoms with E-state index in [1.54, 1.807) is 0 Å². The van der Waals surface area contributed by atoms with Crippen molar-refractivity contribution in [3.8, 4) is 22.3 Å². The van der Waals surface area contributed by atoms with Crippen LogP contribution in [0.25, 0.3) is 76.2 Å². The average Bonchev–Trinajstić information content (AvgIpc) is 3.00. The third-order valence-electron chi connectivity index (χ3n) is 8.40. The van der Waals surface area contributed by atoms with Gasteiger partial charge in [0.1, 0.15) is 0 Å². The third kappa shape index (κ3) is 3.38. The molecule has 0 aliphatic carbocycles. The number of nitrogens with zero attached hydrogens (tertiary/aromatic N) is 1. The molecule has 8 aromatic rings. The molecule has 7 aromatic carbocycles. The highest BCUT2D eigenvalue weighted by molar-refractivity contribution is 6.36. The van der Waals surface area contributed by atoms with Crippen molar-refractivity contribution in [2.45, 2.75) is 13.8 Å². The first-order valence-corrected chi connectivity index (χ1v) is 13.9. The summed E-state index contributed by atoms with van der Waals surface area (Å²) in [5, 5.41) is 11.2. The lowest BCUT2D eigenvalue weighted by Crippen LogP contribution is -1.95. The van der Waals surface area contributed by atoms with Crippen molar-refractivity contribution < 1.29 is 0 Å². The van der Waals surface area contributed by atoms with E-state index in [-0.39, 0.29) is 0 Å². The predicted molar refractivity (Wildman–Crippen MR) is 172 cm³/mol. The lowest BCUT2D eigenvalue weighted by molar-refractivity contribution is 1.43. The number of aryl methyl sites for hydroxylation is 2. The normalized spacial score (nSPS) is 11.8. The Hall–Kier alpha value is -5.01. The molecule has 0 aliphatic heterocycles. The monoisotopic (exact) mass is 509 g/mol. The summed E-state index contributed by atoms with van der Waals surface area (Å²) in [5.41, 5.74) is 8.56. The summed E-state index contributed by atoms with van der Waals surface area (Å²) in [4.78, 5) is 5.01. The quantitative estimate of drug-likeness (QED) is 0.211. The lowest BCUT2D eigenvalue weighted by Gasteiger charge is -2.21. The zero-order chi connectivity index (χ0) is 26.8. The molecule has 40 heavy (non-hydrogen) atoms. The van der Waals surface area contributed by atoms with E-state index in [1.807, 2.05) is 12.3 Å². The van der Waals surface area contributed by atoms with E-state index in [0.29, 0.717) is 0 Å². The second-order valence-electron chi connectivity index (χ2n) is 10.9. The molecule has 0 saturated carbocycles. The maximum absolute atomic E-state index is 5.01. The molecule has 0 fully saturated rings. The van der Waals surface area contributed by atoms with Crippen LogP contribution in [0.4, 0.5) is 0 Å². The number of hydrogen-bond acceptors (Lipinski definition) is 1. The Kier molecular flexibility index (Phi) is 5.02. The zero-order valence-corrected chi connectivity index (χ0v) is 22.6. The Bertz CT molecular complexity index is 2260. The van der Waals surface area contributed by atoms with Crippen LogP contribution < -0.4 is 0 Å². The molecule has 0 atom stereocenters. The fourth-order valence-corrected chi connectivity index (χ4v) is 6.48. The lowest BCUT2D eigenvalue weighted by atomic mass is 9.82. The van der Waals surface area contributed by atoms with Crippen molar-refractivity contribution in [1.82, 2.24) is 4.98 Å². The van der Waals surface area contributed by atoms with Crippen molar-refractivity contribution >= 4 is 54.0 Å². The predicted octanol–water partition coefficient (Wildman–Crippen LogP) is 10.8. The third-order valence-corrected chi connectivity index (χ3v) is 8.40. The van der Waals surface area contributed by atoms with Crippen molar-refractivity contribution in [2.75, 3.05) is 0 Å². The van der Waals surface area contributed by atoms with Gasteiger partial charge in [-0.15, -0.1) is 0 Å². The molecule has 0 bridgehead atoms. The first kappa shape index (κ1) is 22.9. The second kappa shape index (κ2) is 8.76. The van der Waals surface area contributed by atoms with E-state index in [0.717, 1.165) is 10.9 Å². The minimum atomic E-state index is 1.05. The molecular formula is C39H27N. The number of rotatable bonds is 2. The minimum Gasteiger partial charge on any atom is -0.256 e. The summed E-state index contributed by atoms with van der Waals surface area (Å²) in [6, 6.07) is 44.6. The molecule has 188 valence electrons. The molecule has 1 heterocycles. The summed E-state index contributed by atoms with van der Waals surface area (Å²) in [7, 11) is 0. The number of hydrogen-bond donors (Lipinski definition) is 0. The van der Waals surface area contributed by atoms with Crippen LogP contribution >= 0.6 is 0 Å². The molecule has 1 heteroatoms. The van der Waals surface area contributed by atoms with Gasteiger partial charge < -0.3 is 0 Å². The largest absolute Gasteiger partial charge is 0.256 e. The Morgan fingerprint density at radius 3 is 1.65 bits per heavy atom. The Morgan fingerprint density at radius 1 is 0.400 bits per heavy atom. The highest BCUT2D eigenvalue weighted by Crippen LogP contribution is 2.49. The van der Waals surface area contributed by atoms with Gasteiger partial charge >= 0.3 is 0 Å². The van der Waals surface area contributed by atoms with E-state index in [1.165, 1.54) is 76.5 Å². The number of pyridine rings is 1. The Balaban J connectivity index is 1.72. The average molecular weight is 510 g/mol. The van der Waals surface area contributed by atoms with Crippen LogP contribution in [0.5, 0.6) is 0 Å². The summed E-state index contributed by atoms with van der Waals surface area (Å²) in [6.45, 7) is 4.30. The topological polar surface area (TPSA) is 12.9 Å². The van der Waals surface area contributed by atoms with Gasteiger partial charge in [0.2, 0.25) is 0 Å². The van der Waals surface area contributed by atoms with Gasteiger partial charge in [-0.25, -0.2) is 0 Å². The smallest absolute Gasteiger partial charge is 0.0786 e. The van der Waals surface area contributed by atoms with E-state index in [9.17, 15) is 0 Å². The second-order valence-corrected chi connectivity index (χ2v) is 10.9. The van der Waals surface area contributed by atoms with Crippen LogP contribution in [0.3, 0.4) is 0 Å². The molecule has 0 aliphatic rings. The van der Waals surface area contributed by atoms with Gasteiger partial charge in [-0.2, -0.15) is 0 Å². The molecule has 0 saturated heterocycles. The van der Waals surface area contributed by atoms with Crippen LogP contribution in [0.1, 0.15) is 11.1 Å². The molecule has 1 aromatic heterocycles. The van der Waals surface area contributed by atoms with Gasteiger partial charge in [0.05, 0.1) is 5.52 Å². The molecule has 0 unspecified atom stereocenters. The van der Waals surface area contributed by atoms with Crippen LogP contribution in [-0.4, -0.2) is 4.98 Å². The van der Waals surface area contributed by atoms with Crippen LogP contribution in [-0.2, 0) is 0 Å². The highest BCUT2D eigenvalue weighted by atomic mass is 14.6. The Morgan fingerprint density at radius 2 is 0.950 bits per heavy atom. The van der Waals surface area contributed by atoms with E-state index in [2.05, 4.69) is 129 Å². The fraction of sp³-hybridized carbons (Fsp3) is 0.0513. The van der Waals surface area contributed by atoms with E-state index < -0.39 is 0 Å². The zero-order valence-electron chi connectivity index (χ0n) is 22.6. The number of aromatic nitrogens is 1. The van der Waals surface area contributed by atoms with Gasteiger partial charge in [0, 0.05) is 22.4 Å². The minimum absolute atomic E-state index is 1.05. The first-order valence-electron chi connectivity index (χ1n) is 13.9. The molecule has 0 N–H and O–H groups in total. The fourth-order valence-electron chi connectivity index (χ4n) is 6.48. The molecular weight excluding hydrogens is 482 g/mol. The Labute approximate surface area is 233 Å². The summed E-state index contributed by atoms with van der Waals surface area (Å²) >= 11 is 0. The summed E-state index contributed by atoms with van der Waals surface area (Å²) in [5.74, 6) is 0. The van der Waals surface area contributed by atoms with E-state index >= 15 is 0 Å². The molecule has 0 radical (unpaired) electrons. The number of fused-ring (bicyclic) bond motifs is 9. The SMILES string of the molecule is Cc1ccc(-c2c(-c3ccc(C)cc3)c3ccc4ccc5ccccc5c4c3c3c2ccc2cccnc23)cc1. The van der Waals surface area contributed by atoms with Crippen molar-refractivity contribution in [2.24, 2.45) is 0 Å². The van der Waals surface area contributed by atoms with Crippen molar-refractivity contribution in [3.63, 3.8) is 0 Å². The first-order chi connectivity index (χ1) is 19.7. The van der Waals surface area contributed by atoms with Crippen LogP contribution in [0.15, 0.2) is 128 Å². The molecule has 0 spiro atoms. The molecule has 8 rings (SSSR count). The van der Waals surface area contributed by atoms with Gasteiger partial charge in [0.15, 0.2) is 0 Å². The summed E-state index contributed by atoms with van der Waals surface area (Å²) < 4.78 is 0. The van der Waals surface area contributed by atoms with Gasteiger partial charge in [-0.1, -0.05) is 126 Å². The molecule has 1 nitrogen and oxygen atoms in total. The maximum atomic E-state index is 5.01.